The molecule has 0 atom stereocenters. The van der Waals surface area contributed by atoms with Crippen molar-refractivity contribution in [3.8, 4) is 0 Å². The zero-order chi connectivity index (χ0) is 9.19. The third kappa shape index (κ3) is 5.92. The van der Waals surface area contributed by atoms with E-state index in [1.165, 1.54) is 0 Å². The Morgan fingerprint density at radius 1 is 0.769 bits per heavy atom. The van der Waals surface area contributed by atoms with Crippen molar-refractivity contribution in [1.29, 1.82) is 0 Å². The molecular formula is C13H15. The summed E-state index contributed by atoms with van der Waals surface area (Å²) in [5.74, 6) is 0. The lowest BCUT2D eigenvalue weighted by Crippen LogP contribution is -1.64. The second kappa shape index (κ2) is 7.35. The maximum absolute atomic E-state index is 3.21. The minimum absolute atomic E-state index is 0.992. The maximum atomic E-state index is 3.21. The van der Waals surface area contributed by atoms with E-state index in [9.17, 15) is 0 Å². The van der Waals surface area contributed by atoms with Crippen molar-refractivity contribution in [3.05, 3.63) is 60.8 Å². The summed E-state index contributed by atoms with van der Waals surface area (Å²) < 4.78 is 0. The summed E-state index contributed by atoms with van der Waals surface area (Å²) in [7, 11) is 0. The van der Waals surface area contributed by atoms with Crippen molar-refractivity contribution in [1.82, 2.24) is 0 Å². The van der Waals surface area contributed by atoms with Crippen molar-refractivity contribution in [2.45, 2.75) is 19.3 Å². The Morgan fingerprint density at radius 3 is 2.46 bits per heavy atom. The first-order valence-electron chi connectivity index (χ1n) is 4.70. The van der Waals surface area contributed by atoms with Crippen LogP contribution < -0.4 is 0 Å². The van der Waals surface area contributed by atoms with Gasteiger partial charge in [-0.05, 0) is 25.3 Å². The van der Waals surface area contributed by atoms with E-state index >= 15 is 0 Å². The summed E-state index contributed by atoms with van der Waals surface area (Å²) in [6.07, 6.45) is 25.0. The smallest absolute Gasteiger partial charge is 0.0163 e. The van der Waals surface area contributed by atoms with Crippen LogP contribution in [0.25, 0.3) is 0 Å². The molecule has 0 N–H and O–H groups in total. The van der Waals surface area contributed by atoms with Gasteiger partial charge >= 0.3 is 0 Å². The van der Waals surface area contributed by atoms with E-state index in [0.29, 0.717) is 0 Å². The predicted molar refractivity (Wildman–Crippen MR) is 58.2 cm³/mol. The molecule has 0 heteroatoms. The molecule has 0 heterocycles. The average Bonchev–Trinajstić information content (AvgIpc) is 2.18. The molecule has 1 aliphatic rings. The minimum Gasteiger partial charge on any atom is -0.0842 e. The van der Waals surface area contributed by atoms with Crippen molar-refractivity contribution in [3.63, 3.8) is 0 Å². The Morgan fingerprint density at radius 2 is 1.54 bits per heavy atom. The molecule has 0 fully saturated rings. The van der Waals surface area contributed by atoms with Gasteiger partial charge in [0.1, 0.15) is 0 Å². The largest absolute Gasteiger partial charge is 0.0842 e. The standard InChI is InChI=1S/C13H15/c1-2-4-6-8-10-12-13-11-9-7-5-3-1/h1-6,9,11,13H,7-8,10H2. The van der Waals surface area contributed by atoms with E-state index in [4.69, 9.17) is 0 Å². The van der Waals surface area contributed by atoms with Crippen LogP contribution in [0.15, 0.2) is 54.7 Å². The van der Waals surface area contributed by atoms with Crippen molar-refractivity contribution >= 4 is 0 Å². The lowest BCUT2D eigenvalue weighted by molar-refractivity contribution is 1.03. The summed E-state index contributed by atoms with van der Waals surface area (Å²) in [6, 6.07) is 0. The zero-order valence-corrected chi connectivity index (χ0v) is 7.82. The fourth-order valence-electron chi connectivity index (χ4n) is 1.00. The molecule has 13 heavy (non-hydrogen) atoms. The van der Waals surface area contributed by atoms with Crippen LogP contribution >= 0.6 is 0 Å². The molecule has 67 valence electrons. The Labute approximate surface area is 80.7 Å². The summed E-state index contributed by atoms with van der Waals surface area (Å²) in [6.45, 7) is 0. The van der Waals surface area contributed by atoms with Crippen LogP contribution in [-0.4, -0.2) is 0 Å². The van der Waals surface area contributed by atoms with Crippen molar-refractivity contribution < 1.29 is 0 Å². The number of rotatable bonds is 0. The first-order chi connectivity index (χ1) is 6.50. The molecule has 0 aromatic rings. The van der Waals surface area contributed by atoms with Crippen LogP contribution in [0.4, 0.5) is 0 Å². The van der Waals surface area contributed by atoms with Gasteiger partial charge in [-0.2, -0.15) is 0 Å². The molecule has 1 radical (unpaired) electrons. The highest BCUT2D eigenvalue weighted by molar-refractivity contribution is 5.13. The Bertz CT molecular complexity index is 249. The van der Waals surface area contributed by atoms with Crippen molar-refractivity contribution in [2.24, 2.45) is 0 Å². The molecule has 1 rings (SSSR count). The zero-order valence-electron chi connectivity index (χ0n) is 7.82. The topological polar surface area (TPSA) is 0 Å². The SMILES string of the molecule is [C]1=CC=CCC=CC=CC=CCC1. The quantitative estimate of drug-likeness (QED) is 0.520. The fraction of sp³-hybridized carbons (Fsp3) is 0.231. The molecule has 0 aromatic heterocycles. The first kappa shape index (κ1) is 9.79. The second-order valence-electron chi connectivity index (χ2n) is 2.81. The van der Waals surface area contributed by atoms with Gasteiger partial charge in [-0.1, -0.05) is 54.7 Å². The Balaban J connectivity index is 2.49. The monoisotopic (exact) mass is 171 g/mol. The Hall–Kier alpha value is -1.30. The van der Waals surface area contributed by atoms with E-state index in [0.717, 1.165) is 19.3 Å². The van der Waals surface area contributed by atoms with Gasteiger partial charge in [0.15, 0.2) is 0 Å². The van der Waals surface area contributed by atoms with Crippen LogP contribution in [0.1, 0.15) is 19.3 Å². The molecule has 0 saturated carbocycles. The van der Waals surface area contributed by atoms with Gasteiger partial charge in [0.25, 0.3) is 0 Å². The van der Waals surface area contributed by atoms with Gasteiger partial charge < -0.3 is 0 Å². The molecule has 0 spiro atoms. The maximum Gasteiger partial charge on any atom is -0.0163 e. The highest BCUT2D eigenvalue weighted by Crippen LogP contribution is 1.95. The number of allylic oxidation sites excluding steroid dienone is 10. The number of hydrogen-bond donors (Lipinski definition) is 0. The van der Waals surface area contributed by atoms with E-state index in [1.807, 2.05) is 6.08 Å². The highest BCUT2D eigenvalue weighted by Gasteiger charge is 1.76. The van der Waals surface area contributed by atoms with Gasteiger partial charge in [0.2, 0.25) is 0 Å². The van der Waals surface area contributed by atoms with Crippen LogP contribution in [0.2, 0.25) is 0 Å². The highest BCUT2D eigenvalue weighted by atomic mass is 13.8. The lowest BCUT2D eigenvalue weighted by atomic mass is 10.2. The van der Waals surface area contributed by atoms with Crippen LogP contribution in [0.5, 0.6) is 0 Å². The lowest BCUT2D eigenvalue weighted by Gasteiger charge is -1.82. The van der Waals surface area contributed by atoms with Gasteiger partial charge in [0, 0.05) is 0 Å². The minimum atomic E-state index is 0.992. The fourth-order valence-corrected chi connectivity index (χ4v) is 1.00. The summed E-state index contributed by atoms with van der Waals surface area (Å²) >= 11 is 0. The normalized spacial score (nSPS) is 17.8. The van der Waals surface area contributed by atoms with Gasteiger partial charge in [-0.25, -0.2) is 0 Å². The summed E-state index contributed by atoms with van der Waals surface area (Å²) in [5.41, 5.74) is 0. The first-order valence-corrected chi connectivity index (χ1v) is 4.70. The van der Waals surface area contributed by atoms with Crippen LogP contribution in [0.3, 0.4) is 0 Å². The third-order valence-corrected chi connectivity index (χ3v) is 1.68. The van der Waals surface area contributed by atoms with Gasteiger partial charge in [-0.3, -0.25) is 0 Å². The third-order valence-electron chi connectivity index (χ3n) is 1.68. The van der Waals surface area contributed by atoms with E-state index in [2.05, 4.69) is 54.7 Å². The molecule has 0 unspecified atom stereocenters. The molecule has 1 aliphatic carbocycles. The molecule has 0 nitrogen and oxygen atoms in total. The molecular weight excluding hydrogens is 156 g/mol. The van der Waals surface area contributed by atoms with E-state index in [1.54, 1.807) is 0 Å². The average molecular weight is 171 g/mol. The molecule has 0 bridgehead atoms. The van der Waals surface area contributed by atoms with Gasteiger partial charge in [0.05, 0.1) is 0 Å². The van der Waals surface area contributed by atoms with Crippen LogP contribution in [-0.2, 0) is 0 Å². The predicted octanol–water partition coefficient (Wildman–Crippen LogP) is 3.75. The summed E-state index contributed by atoms with van der Waals surface area (Å²) in [5, 5.41) is 0. The van der Waals surface area contributed by atoms with E-state index < -0.39 is 0 Å². The second-order valence-corrected chi connectivity index (χ2v) is 2.81. The molecule has 0 amide bonds. The van der Waals surface area contributed by atoms with Crippen LogP contribution in [0, 0.1) is 6.08 Å². The Kier molecular flexibility index (Phi) is 5.54. The number of hydrogen-bond acceptors (Lipinski definition) is 0. The van der Waals surface area contributed by atoms with Gasteiger partial charge in [-0.15, -0.1) is 0 Å². The summed E-state index contributed by atoms with van der Waals surface area (Å²) in [4.78, 5) is 0. The molecule has 0 saturated heterocycles. The molecule has 0 aromatic carbocycles. The van der Waals surface area contributed by atoms with Crippen molar-refractivity contribution in [2.75, 3.05) is 0 Å². The molecule has 0 aliphatic heterocycles. The van der Waals surface area contributed by atoms with E-state index in [-0.39, 0.29) is 0 Å².